The van der Waals surface area contributed by atoms with Gasteiger partial charge in [0, 0.05) is 25.7 Å². The molecule has 1 aliphatic rings. The molecule has 1 atom stereocenters. The summed E-state index contributed by atoms with van der Waals surface area (Å²) in [6, 6.07) is -0.0892. The van der Waals surface area contributed by atoms with Crippen molar-refractivity contribution in [2.24, 2.45) is 0 Å². The monoisotopic (exact) mass is 286 g/mol. The zero-order valence-corrected chi connectivity index (χ0v) is 12.6. The van der Waals surface area contributed by atoms with E-state index in [4.69, 9.17) is 5.11 Å². The minimum Gasteiger partial charge on any atom is -0.480 e. The van der Waals surface area contributed by atoms with Crippen molar-refractivity contribution in [3.8, 4) is 0 Å². The van der Waals surface area contributed by atoms with Crippen molar-refractivity contribution in [3.05, 3.63) is 0 Å². The highest BCUT2D eigenvalue weighted by molar-refractivity contribution is 5.85. The van der Waals surface area contributed by atoms with Crippen LogP contribution in [0.2, 0.25) is 0 Å². The molecule has 0 radical (unpaired) electrons. The molecule has 2 N–H and O–H groups in total. The number of carbonyl (C=O) groups is 2. The fourth-order valence-corrected chi connectivity index (χ4v) is 2.75. The molecular weight excluding hydrogens is 260 g/mol. The number of hydrogen-bond donors (Lipinski definition) is 2. The lowest BCUT2D eigenvalue weighted by Gasteiger charge is -2.38. The number of aliphatic carboxylic acids is 1. The third kappa shape index (κ3) is 3.42. The van der Waals surface area contributed by atoms with Crippen molar-refractivity contribution in [1.29, 1.82) is 0 Å². The number of aliphatic hydroxyl groups excluding tert-OH is 1. The summed E-state index contributed by atoms with van der Waals surface area (Å²) in [4.78, 5) is 27.2. The molecule has 2 amide bonds. The highest BCUT2D eigenvalue weighted by atomic mass is 16.4. The van der Waals surface area contributed by atoms with E-state index in [0.717, 1.165) is 19.3 Å². The molecule has 1 saturated heterocycles. The lowest BCUT2D eigenvalue weighted by molar-refractivity contribution is -0.147. The van der Waals surface area contributed by atoms with Crippen LogP contribution in [0.3, 0.4) is 0 Å². The molecule has 116 valence electrons. The van der Waals surface area contributed by atoms with Gasteiger partial charge in [-0.1, -0.05) is 0 Å². The van der Waals surface area contributed by atoms with Gasteiger partial charge >= 0.3 is 12.0 Å². The predicted octanol–water partition coefficient (Wildman–Crippen LogP) is 1.53. The summed E-state index contributed by atoms with van der Waals surface area (Å²) in [6.07, 6.45) is 3.31. The van der Waals surface area contributed by atoms with Crippen molar-refractivity contribution >= 4 is 12.0 Å². The van der Waals surface area contributed by atoms with Crippen molar-refractivity contribution in [2.45, 2.75) is 58.0 Å². The highest BCUT2D eigenvalue weighted by Crippen LogP contribution is 2.25. The van der Waals surface area contributed by atoms with Crippen LogP contribution in [0.4, 0.5) is 4.79 Å². The maximum absolute atomic E-state index is 12.6. The van der Waals surface area contributed by atoms with Crippen molar-refractivity contribution in [2.75, 3.05) is 19.7 Å². The molecule has 0 spiro atoms. The Morgan fingerprint density at radius 2 is 2.05 bits per heavy atom. The van der Waals surface area contributed by atoms with Gasteiger partial charge in [0.25, 0.3) is 0 Å². The van der Waals surface area contributed by atoms with Crippen LogP contribution >= 0.6 is 0 Å². The van der Waals surface area contributed by atoms with Crippen LogP contribution in [0.1, 0.15) is 46.5 Å². The molecule has 1 fully saturated rings. The number of carboxylic acid groups (broad SMARTS) is 1. The second kappa shape index (κ2) is 6.92. The SMILES string of the molecule is CCN(C(=O)N1CCCC1CCCO)C(C)(C)C(=O)O. The minimum atomic E-state index is -1.21. The van der Waals surface area contributed by atoms with Crippen molar-refractivity contribution in [3.63, 3.8) is 0 Å². The van der Waals surface area contributed by atoms with Crippen LogP contribution < -0.4 is 0 Å². The molecule has 1 unspecified atom stereocenters. The van der Waals surface area contributed by atoms with Crippen molar-refractivity contribution in [1.82, 2.24) is 9.80 Å². The van der Waals surface area contributed by atoms with Gasteiger partial charge in [-0.3, -0.25) is 0 Å². The number of carboxylic acids is 1. The van der Waals surface area contributed by atoms with E-state index in [-0.39, 0.29) is 18.7 Å². The summed E-state index contributed by atoms with van der Waals surface area (Å²) in [7, 11) is 0. The van der Waals surface area contributed by atoms with Gasteiger partial charge in [-0.2, -0.15) is 0 Å². The van der Waals surface area contributed by atoms with Gasteiger partial charge in [-0.15, -0.1) is 0 Å². The van der Waals surface area contributed by atoms with E-state index >= 15 is 0 Å². The normalized spacial score (nSPS) is 19.2. The molecule has 6 nitrogen and oxygen atoms in total. The molecule has 0 aromatic carbocycles. The molecule has 0 aliphatic carbocycles. The van der Waals surface area contributed by atoms with Gasteiger partial charge < -0.3 is 20.0 Å². The highest BCUT2D eigenvalue weighted by Gasteiger charge is 2.41. The lowest BCUT2D eigenvalue weighted by atomic mass is 10.0. The van der Waals surface area contributed by atoms with Gasteiger partial charge in [0.1, 0.15) is 5.54 Å². The quantitative estimate of drug-likeness (QED) is 0.776. The molecule has 1 rings (SSSR count). The number of carbonyl (C=O) groups excluding carboxylic acids is 1. The maximum atomic E-state index is 12.6. The van der Waals surface area contributed by atoms with E-state index in [1.54, 1.807) is 25.7 Å². The Hall–Kier alpha value is -1.30. The third-order valence-electron chi connectivity index (χ3n) is 4.06. The fraction of sp³-hybridized carbons (Fsp3) is 0.857. The first-order valence-electron chi connectivity index (χ1n) is 7.28. The van der Waals surface area contributed by atoms with Crippen LogP contribution in [0.15, 0.2) is 0 Å². The number of likely N-dealkylation sites (tertiary alicyclic amines) is 1. The summed E-state index contributed by atoms with van der Waals surface area (Å²) in [5.41, 5.74) is -1.21. The van der Waals surface area contributed by atoms with Gasteiger partial charge in [0.2, 0.25) is 0 Å². The molecule has 6 heteroatoms. The lowest BCUT2D eigenvalue weighted by Crippen LogP contribution is -2.57. The van der Waals surface area contributed by atoms with Gasteiger partial charge in [0.15, 0.2) is 0 Å². The third-order valence-corrected chi connectivity index (χ3v) is 4.06. The Morgan fingerprint density at radius 1 is 1.40 bits per heavy atom. The van der Waals surface area contributed by atoms with E-state index in [9.17, 15) is 14.7 Å². The fourth-order valence-electron chi connectivity index (χ4n) is 2.75. The van der Waals surface area contributed by atoms with Crippen molar-refractivity contribution < 1.29 is 19.8 Å². The summed E-state index contributed by atoms with van der Waals surface area (Å²) in [6.45, 7) is 6.05. The zero-order valence-electron chi connectivity index (χ0n) is 12.6. The van der Waals surface area contributed by atoms with Gasteiger partial charge in [-0.25, -0.2) is 9.59 Å². The molecule has 0 aromatic heterocycles. The van der Waals surface area contributed by atoms with Crippen LogP contribution in [0.25, 0.3) is 0 Å². The van der Waals surface area contributed by atoms with Gasteiger partial charge in [-0.05, 0) is 46.5 Å². The molecule has 1 heterocycles. The first-order valence-corrected chi connectivity index (χ1v) is 7.28. The molecule has 0 saturated carbocycles. The molecule has 1 aliphatic heterocycles. The summed E-state index contributed by atoms with van der Waals surface area (Å²) >= 11 is 0. The summed E-state index contributed by atoms with van der Waals surface area (Å²) in [5.74, 6) is -1.00. The second-order valence-electron chi connectivity index (χ2n) is 5.75. The average molecular weight is 286 g/mol. The van der Waals surface area contributed by atoms with E-state index in [1.165, 1.54) is 4.90 Å². The van der Waals surface area contributed by atoms with Crippen LogP contribution in [-0.4, -0.2) is 63.3 Å². The first kappa shape index (κ1) is 16.8. The summed E-state index contributed by atoms with van der Waals surface area (Å²) < 4.78 is 0. The summed E-state index contributed by atoms with van der Waals surface area (Å²) in [5, 5.41) is 18.2. The number of urea groups is 1. The Bertz CT molecular complexity index is 357. The zero-order chi connectivity index (χ0) is 15.3. The van der Waals surface area contributed by atoms with E-state index < -0.39 is 11.5 Å². The molecule has 0 aromatic rings. The van der Waals surface area contributed by atoms with E-state index in [2.05, 4.69) is 0 Å². The largest absolute Gasteiger partial charge is 0.480 e. The Balaban J connectivity index is 2.82. The predicted molar refractivity (Wildman–Crippen MR) is 75.5 cm³/mol. The van der Waals surface area contributed by atoms with Crippen LogP contribution in [0, 0.1) is 0 Å². The van der Waals surface area contributed by atoms with E-state index in [1.807, 2.05) is 0 Å². The Kier molecular flexibility index (Phi) is 5.80. The van der Waals surface area contributed by atoms with Crippen LogP contribution in [0.5, 0.6) is 0 Å². The number of rotatable bonds is 6. The first-order chi connectivity index (χ1) is 9.36. The number of amides is 2. The number of likely N-dealkylation sites (N-methyl/N-ethyl adjacent to an activating group) is 1. The molecule has 0 bridgehead atoms. The topological polar surface area (TPSA) is 81.1 Å². The Labute approximate surface area is 120 Å². The molecule has 20 heavy (non-hydrogen) atoms. The standard InChI is InChI=1S/C14H26N2O4/c1-4-16(14(2,3)12(18)19)13(20)15-9-5-7-11(15)8-6-10-17/h11,17H,4-10H2,1-3H3,(H,18,19). The number of hydrogen-bond acceptors (Lipinski definition) is 3. The maximum Gasteiger partial charge on any atom is 0.329 e. The minimum absolute atomic E-state index is 0.119. The van der Waals surface area contributed by atoms with E-state index in [0.29, 0.717) is 19.5 Å². The average Bonchev–Trinajstić information content (AvgIpc) is 2.84. The Morgan fingerprint density at radius 3 is 2.55 bits per heavy atom. The number of aliphatic hydroxyl groups is 1. The van der Waals surface area contributed by atoms with Gasteiger partial charge in [0.05, 0.1) is 0 Å². The van der Waals surface area contributed by atoms with Crippen LogP contribution in [-0.2, 0) is 4.79 Å². The number of nitrogens with zero attached hydrogens (tertiary/aromatic N) is 2. The molecular formula is C14H26N2O4. The smallest absolute Gasteiger partial charge is 0.329 e. The second-order valence-corrected chi connectivity index (χ2v) is 5.75.